The van der Waals surface area contributed by atoms with Crippen LogP contribution >= 0.6 is 0 Å². The summed E-state index contributed by atoms with van der Waals surface area (Å²) >= 11 is 0. The van der Waals surface area contributed by atoms with Crippen LogP contribution in [0, 0.1) is 61.6 Å². The third-order valence-corrected chi connectivity index (χ3v) is 12.4. The van der Waals surface area contributed by atoms with Crippen molar-refractivity contribution in [1.29, 1.82) is 5.26 Å². The van der Waals surface area contributed by atoms with Crippen molar-refractivity contribution >= 4 is 17.5 Å². The van der Waals surface area contributed by atoms with Crippen molar-refractivity contribution in [3.63, 3.8) is 0 Å². The first-order chi connectivity index (χ1) is 17.5. The van der Waals surface area contributed by atoms with Gasteiger partial charge in [-0.3, -0.25) is 14.4 Å². The second-order valence-corrected chi connectivity index (χ2v) is 14.9. The van der Waals surface area contributed by atoms with Crippen LogP contribution in [0.3, 0.4) is 0 Å². The average Bonchev–Trinajstić information content (AvgIpc) is 2.82. The van der Waals surface area contributed by atoms with E-state index in [1.54, 1.807) is 0 Å². The van der Waals surface area contributed by atoms with Crippen molar-refractivity contribution in [1.82, 2.24) is 0 Å². The van der Waals surface area contributed by atoms with E-state index in [4.69, 9.17) is 5.53 Å². The minimum atomic E-state index is -0.794. The van der Waals surface area contributed by atoms with Gasteiger partial charge in [0.05, 0.1) is 5.57 Å². The molecule has 0 aliphatic heterocycles. The molecule has 0 bridgehead atoms. The highest BCUT2D eigenvalue weighted by atomic mass is 16.2. The van der Waals surface area contributed by atoms with E-state index in [1.807, 2.05) is 26.0 Å². The van der Waals surface area contributed by atoms with Crippen molar-refractivity contribution in [2.75, 3.05) is 0 Å². The van der Waals surface area contributed by atoms with Crippen LogP contribution in [0.25, 0.3) is 10.4 Å². The van der Waals surface area contributed by atoms with Gasteiger partial charge in [0.15, 0.2) is 11.6 Å². The highest BCUT2D eigenvalue weighted by molar-refractivity contribution is 6.04. The number of amides is 1. The van der Waals surface area contributed by atoms with Gasteiger partial charge < -0.3 is 0 Å². The molecule has 5 rings (SSSR count). The van der Waals surface area contributed by atoms with Gasteiger partial charge >= 0.3 is 0 Å². The maximum atomic E-state index is 14.4. The zero-order valence-corrected chi connectivity index (χ0v) is 23.9. The van der Waals surface area contributed by atoms with Crippen LogP contribution in [0.5, 0.6) is 0 Å². The molecule has 0 aromatic heterocycles. The van der Waals surface area contributed by atoms with Gasteiger partial charge in [0, 0.05) is 27.1 Å². The molecule has 0 aromatic carbocycles. The van der Waals surface area contributed by atoms with Gasteiger partial charge in [-0.2, -0.15) is 5.26 Å². The van der Waals surface area contributed by atoms with E-state index in [1.165, 1.54) is 0 Å². The summed E-state index contributed by atoms with van der Waals surface area (Å²) in [6.07, 6.45) is 8.91. The molecule has 1 unspecified atom stereocenters. The van der Waals surface area contributed by atoms with Crippen LogP contribution in [-0.2, 0) is 14.4 Å². The number of ketones is 2. The van der Waals surface area contributed by atoms with Gasteiger partial charge in [-0.1, -0.05) is 60.1 Å². The fraction of sp³-hybridized carbons (Fsp3) is 0.742. The van der Waals surface area contributed by atoms with Gasteiger partial charge in [0.25, 0.3) is 0 Å². The summed E-state index contributed by atoms with van der Waals surface area (Å²) < 4.78 is 0. The number of nitriles is 1. The summed E-state index contributed by atoms with van der Waals surface area (Å²) in [5.74, 6) is -1.01. The topological polar surface area (TPSA) is 124 Å². The normalized spacial score (nSPS) is 44.5. The smallest absolute Gasteiger partial charge is 0.225 e. The average molecular weight is 517 g/mol. The maximum Gasteiger partial charge on any atom is 0.225 e. The van der Waals surface area contributed by atoms with E-state index < -0.39 is 27.6 Å². The molecule has 5 aliphatic carbocycles. The lowest BCUT2D eigenvalue weighted by atomic mass is 9.34. The number of fused-ring (bicyclic) bond motifs is 7. The Balaban J connectivity index is 1.71. The molecule has 1 amide bonds. The molecule has 7 nitrogen and oxygen atoms in total. The molecule has 0 saturated heterocycles. The number of hydrogen-bond acceptors (Lipinski definition) is 4. The lowest BCUT2D eigenvalue weighted by Gasteiger charge is -2.69. The van der Waals surface area contributed by atoms with E-state index in [0.717, 1.165) is 31.3 Å². The Morgan fingerprint density at radius 2 is 1.71 bits per heavy atom. The van der Waals surface area contributed by atoms with Crippen LogP contribution in [0.4, 0.5) is 0 Å². The van der Waals surface area contributed by atoms with Gasteiger partial charge in [0.1, 0.15) is 6.07 Å². The third kappa shape index (κ3) is 3.13. The summed E-state index contributed by atoms with van der Waals surface area (Å²) in [5.41, 5.74) is 7.55. The van der Waals surface area contributed by atoms with Crippen LogP contribution in [0.15, 0.2) is 28.4 Å². The molecule has 7 atom stereocenters. The largest absolute Gasteiger partial charge is 0.295 e. The summed E-state index contributed by atoms with van der Waals surface area (Å²) in [6, 6.07) is 2.15. The first-order valence-electron chi connectivity index (χ1n) is 14.1. The molecule has 0 radical (unpaired) electrons. The van der Waals surface area contributed by atoms with Crippen LogP contribution in [0.1, 0.15) is 93.4 Å². The van der Waals surface area contributed by atoms with Gasteiger partial charge in [-0.15, -0.1) is 0 Å². The molecule has 3 saturated carbocycles. The Morgan fingerprint density at radius 3 is 2.34 bits per heavy atom. The molecule has 38 heavy (non-hydrogen) atoms. The molecule has 0 aromatic rings. The van der Waals surface area contributed by atoms with E-state index in [2.05, 4.69) is 50.7 Å². The standard InChI is InChI=1S/C31H40N4O3/c1-26(2)10-12-31(25(38)34-35-33)13-11-30(7)23(19(31)16-26)20(36)14-22-28(5)15-18(17-32)24(37)27(3,4)21(28)8-9-29(22,30)6/h14-15,19,21,23H,8-13,16H2,1-7H3/t19-,21?,23-,28-,29+,30+,31-/m0/s1. The highest BCUT2D eigenvalue weighted by Gasteiger charge is 2.70. The molecular weight excluding hydrogens is 476 g/mol. The molecule has 0 spiro atoms. The van der Waals surface area contributed by atoms with Crippen LogP contribution in [0.2, 0.25) is 0 Å². The molecular formula is C31H40N4O3. The first kappa shape index (κ1) is 26.9. The lowest BCUT2D eigenvalue weighted by Crippen LogP contribution is -2.65. The second-order valence-electron chi connectivity index (χ2n) is 14.9. The maximum absolute atomic E-state index is 14.4. The SMILES string of the molecule is CC1(C)CC[C@]2(C(=O)N=[N+]=[N-])CC[C@]3(C)[C@H](C(=O)C=C4[C@@]5(C)C=C(C#N)C(=O)C(C)(C)C5CC[C@]43C)[C@@H]2C1. The van der Waals surface area contributed by atoms with E-state index in [9.17, 15) is 19.6 Å². The van der Waals surface area contributed by atoms with Crippen molar-refractivity contribution in [2.45, 2.75) is 93.4 Å². The van der Waals surface area contributed by atoms with Crippen molar-refractivity contribution in [2.24, 2.45) is 55.4 Å². The molecule has 3 fully saturated rings. The number of hydrogen-bond donors (Lipinski definition) is 0. The van der Waals surface area contributed by atoms with Crippen LogP contribution < -0.4 is 0 Å². The monoisotopic (exact) mass is 516 g/mol. The minimum Gasteiger partial charge on any atom is -0.295 e. The van der Waals surface area contributed by atoms with E-state index >= 15 is 0 Å². The van der Waals surface area contributed by atoms with Gasteiger partial charge in [-0.05, 0) is 89.7 Å². The summed E-state index contributed by atoms with van der Waals surface area (Å²) in [5, 5.41) is 13.5. The van der Waals surface area contributed by atoms with E-state index in [-0.39, 0.29) is 45.7 Å². The molecule has 5 aliphatic rings. The summed E-state index contributed by atoms with van der Waals surface area (Å²) in [4.78, 5) is 43.8. The number of Topliss-reactive ketones (excluding diaryl/α,β-unsaturated/α-hetero) is 1. The summed E-state index contributed by atoms with van der Waals surface area (Å²) in [7, 11) is 0. The zero-order valence-electron chi connectivity index (χ0n) is 23.9. The predicted octanol–water partition coefficient (Wildman–Crippen LogP) is 7.04. The zero-order chi connectivity index (χ0) is 28.1. The number of nitrogens with zero attached hydrogens (tertiary/aromatic N) is 4. The van der Waals surface area contributed by atoms with Gasteiger partial charge in [-0.25, -0.2) is 0 Å². The molecule has 0 heterocycles. The van der Waals surface area contributed by atoms with Crippen molar-refractivity contribution in [3.8, 4) is 6.07 Å². The Labute approximate surface area is 225 Å². The Morgan fingerprint density at radius 1 is 1.05 bits per heavy atom. The molecule has 7 heteroatoms. The van der Waals surface area contributed by atoms with Crippen molar-refractivity contribution in [3.05, 3.63) is 33.7 Å². The Hall–Kier alpha value is -2.71. The number of rotatable bonds is 1. The highest BCUT2D eigenvalue weighted by Crippen LogP contribution is 2.74. The summed E-state index contributed by atoms with van der Waals surface area (Å²) in [6.45, 7) is 14.9. The quantitative estimate of drug-likeness (QED) is 0.210. The number of allylic oxidation sites excluding steroid dienone is 4. The van der Waals surface area contributed by atoms with E-state index in [0.29, 0.717) is 19.3 Å². The Kier molecular flexibility index (Phi) is 5.60. The number of azide groups is 1. The number of carbonyl (C=O) groups is 3. The Bertz CT molecular complexity index is 1310. The molecule has 202 valence electrons. The fourth-order valence-electron chi connectivity index (χ4n) is 10.1. The van der Waals surface area contributed by atoms with Crippen LogP contribution in [-0.4, -0.2) is 17.5 Å². The van der Waals surface area contributed by atoms with Crippen molar-refractivity contribution < 1.29 is 14.4 Å². The number of carbonyl (C=O) groups excluding carboxylic acids is 3. The second kappa shape index (κ2) is 7.92. The van der Waals surface area contributed by atoms with Gasteiger partial charge in [0.2, 0.25) is 5.91 Å². The fourth-order valence-corrected chi connectivity index (χ4v) is 10.1. The minimum absolute atomic E-state index is 0.00489. The third-order valence-electron chi connectivity index (χ3n) is 12.4. The lowest BCUT2D eigenvalue weighted by molar-refractivity contribution is -0.176. The first-order valence-corrected chi connectivity index (χ1v) is 14.1. The predicted molar refractivity (Wildman–Crippen MR) is 143 cm³/mol. The molecule has 0 N–H and O–H groups in total.